The van der Waals surface area contributed by atoms with Crippen LogP contribution in [0.15, 0.2) is 54.7 Å². The number of nitrogens with zero attached hydrogens (tertiary/aromatic N) is 2. The summed E-state index contributed by atoms with van der Waals surface area (Å²) < 4.78 is 14.1. The van der Waals surface area contributed by atoms with Crippen molar-refractivity contribution < 1.29 is 9.18 Å². The first-order valence-electron chi connectivity index (χ1n) is 10.4. The number of aromatic nitrogens is 1. The van der Waals surface area contributed by atoms with Gasteiger partial charge in [-0.15, -0.1) is 0 Å². The highest BCUT2D eigenvalue weighted by atomic mass is 35.5. The lowest BCUT2D eigenvalue weighted by molar-refractivity contribution is 0.0827. The highest BCUT2D eigenvalue weighted by Gasteiger charge is 2.25. The first kappa shape index (κ1) is 24.0. The Morgan fingerprint density at radius 1 is 1.06 bits per heavy atom. The van der Waals surface area contributed by atoms with Crippen LogP contribution in [0.5, 0.6) is 0 Å². The van der Waals surface area contributed by atoms with E-state index in [0.29, 0.717) is 22.0 Å². The monoisotopic (exact) mass is 473 g/mol. The topological polar surface area (TPSA) is 45.2 Å². The van der Waals surface area contributed by atoms with Crippen molar-refractivity contribution in [2.24, 2.45) is 5.92 Å². The zero-order chi connectivity index (χ0) is 23.4. The fourth-order valence-electron chi connectivity index (χ4n) is 3.44. The van der Waals surface area contributed by atoms with Crippen molar-refractivity contribution >= 4 is 34.9 Å². The van der Waals surface area contributed by atoms with Gasteiger partial charge >= 0.3 is 0 Å². The van der Waals surface area contributed by atoms with E-state index in [1.165, 1.54) is 12.1 Å². The van der Waals surface area contributed by atoms with E-state index in [-0.39, 0.29) is 22.9 Å². The maximum absolute atomic E-state index is 14.1. The second-order valence-corrected chi connectivity index (χ2v) is 8.76. The smallest absolute Gasteiger partial charge is 0.253 e. The lowest BCUT2D eigenvalue weighted by atomic mass is 9.92. The van der Waals surface area contributed by atoms with Crippen LogP contribution in [0.25, 0.3) is 11.1 Å². The molecule has 3 rings (SSSR count). The molecule has 1 heterocycles. The third kappa shape index (κ3) is 5.22. The predicted molar refractivity (Wildman–Crippen MR) is 130 cm³/mol. The van der Waals surface area contributed by atoms with E-state index in [9.17, 15) is 9.18 Å². The molecule has 0 fully saturated rings. The Bertz CT molecular complexity index is 1090. The summed E-state index contributed by atoms with van der Waals surface area (Å²) >= 11 is 12.7. The first-order valence-corrected chi connectivity index (χ1v) is 11.2. The van der Waals surface area contributed by atoms with Gasteiger partial charge in [-0.1, -0.05) is 55.6 Å². The Hall–Kier alpha value is -2.63. The van der Waals surface area contributed by atoms with Crippen molar-refractivity contribution in [2.75, 3.05) is 19.4 Å². The zero-order valence-corrected chi connectivity index (χ0v) is 20.0. The van der Waals surface area contributed by atoms with Crippen molar-refractivity contribution in [3.8, 4) is 11.1 Å². The molecule has 0 aliphatic heterocycles. The van der Waals surface area contributed by atoms with Gasteiger partial charge in [0.15, 0.2) is 0 Å². The minimum Gasteiger partial charge on any atom is -0.363 e. The summed E-state index contributed by atoms with van der Waals surface area (Å²) in [6.45, 7) is 4.11. The van der Waals surface area contributed by atoms with E-state index in [2.05, 4.69) is 24.1 Å². The molecule has 0 saturated carbocycles. The number of amides is 1. The summed E-state index contributed by atoms with van der Waals surface area (Å²) in [4.78, 5) is 18.2. The fraction of sp³-hybridized carbons (Fsp3) is 0.280. The summed E-state index contributed by atoms with van der Waals surface area (Å²) in [5.74, 6) is 0.227. The Morgan fingerprint density at radius 2 is 1.72 bits per heavy atom. The lowest BCUT2D eigenvalue weighted by Gasteiger charge is -2.27. The van der Waals surface area contributed by atoms with Gasteiger partial charge in [0, 0.05) is 42.0 Å². The molecule has 168 valence electrons. The molecule has 3 aromatic rings. The molecular weight excluding hydrogens is 448 g/mol. The molecule has 4 nitrogen and oxygen atoms in total. The Kier molecular flexibility index (Phi) is 7.75. The number of hydrogen-bond acceptors (Lipinski definition) is 3. The maximum atomic E-state index is 14.1. The van der Waals surface area contributed by atoms with E-state index in [4.69, 9.17) is 23.2 Å². The van der Waals surface area contributed by atoms with Crippen LogP contribution in [-0.4, -0.2) is 29.9 Å². The zero-order valence-electron chi connectivity index (χ0n) is 18.5. The number of carbonyl (C=O) groups is 1. The molecule has 1 amide bonds. The molecule has 7 heteroatoms. The minimum absolute atomic E-state index is 0.0271. The third-order valence-electron chi connectivity index (χ3n) is 5.54. The van der Waals surface area contributed by atoms with Gasteiger partial charge in [0.2, 0.25) is 0 Å². The number of halogens is 3. The first-order chi connectivity index (χ1) is 15.2. The van der Waals surface area contributed by atoms with Crippen LogP contribution in [0.4, 0.5) is 10.2 Å². The van der Waals surface area contributed by atoms with Crippen molar-refractivity contribution in [3.05, 3.63) is 81.7 Å². The van der Waals surface area contributed by atoms with Crippen molar-refractivity contribution in [1.29, 1.82) is 0 Å². The number of anilines is 1. The van der Waals surface area contributed by atoms with Crippen LogP contribution in [-0.2, 0) is 0 Å². The molecule has 2 aromatic carbocycles. The molecule has 0 aliphatic carbocycles. The number of benzene rings is 2. The average Bonchev–Trinajstić information content (AvgIpc) is 2.80. The molecule has 1 aromatic heterocycles. The van der Waals surface area contributed by atoms with Gasteiger partial charge in [-0.3, -0.25) is 4.79 Å². The van der Waals surface area contributed by atoms with E-state index in [1.54, 1.807) is 37.3 Å². The predicted octanol–water partition coefficient (Wildman–Crippen LogP) is 7.10. The minimum atomic E-state index is -0.499. The average molecular weight is 474 g/mol. The number of nitrogens with one attached hydrogen (secondary N) is 1. The Morgan fingerprint density at radius 3 is 2.28 bits per heavy atom. The summed E-state index contributed by atoms with van der Waals surface area (Å²) in [5, 5.41) is 3.82. The number of rotatable bonds is 7. The highest BCUT2D eigenvalue weighted by molar-refractivity contribution is 6.36. The molecule has 0 saturated heterocycles. The Labute approximate surface area is 198 Å². The van der Waals surface area contributed by atoms with Crippen LogP contribution >= 0.6 is 23.2 Å². The molecule has 32 heavy (non-hydrogen) atoms. The van der Waals surface area contributed by atoms with E-state index >= 15 is 0 Å². The summed E-state index contributed by atoms with van der Waals surface area (Å²) in [6.07, 6.45) is 2.60. The summed E-state index contributed by atoms with van der Waals surface area (Å²) in [7, 11) is 3.45. The Balaban J connectivity index is 1.85. The van der Waals surface area contributed by atoms with Gasteiger partial charge in [-0.25, -0.2) is 9.37 Å². The van der Waals surface area contributed by atoms with Gasteiger partial charge in [0.05, 0.1) is 11.1 Å². The van der Waals surface area contributed by atoms with Gasteiger partial charge < -0.3 is 10.2 Å². The number of carbonyl (C=O) groups excluding carboxylic acids is 1. The molecule has 0 aliphatic rings. The van der Waals surface area contributed by atoms with Crippen LogP contribution in [0.3, 0.4) is 0 Å². The normalized spacial score (nSPS) is 12.8. The lowest BCUT2D eigenvalue weighted by Crippen LogP contribution is -2.21. The van der Waals surface area contributed by atoms with Gasteiger partial charge in [0.25, 0.3) is 5.91 Å². The van der Waals surface area contributed by atoms with Gasteiger partial charge in [-0.2, -0.15) is 0 Å². The van der Waals surface area contributed by atoms with Crippen molar-refractivity contribution in [1.82, 2.24) is 9.88 Å². The second-order valence-electron chi connectivity index (χ2n) is 7.97. The van der Waals surface area contributed by atoms with Crippen molar-refractivity contribution in [2.45, 2.75) is 26.3 Å². The van der Waals surface area contributed by atoms with E-state index in [1.807, 2.05) is 24.3 Å². The quantitative estimate of drug-likeness (QED) is 0.372. The second kappa shape index (κ2) is 10.3. The molecule has 1 N–H and O–H groups in total. The summed E-state index contributed by atoms with van der Waals surface area (Å²) in [5.41, 5.74) is 3.04. The number of pyridine rings is 1. The molecule has 0 radical (unpaired) electrons. The molecule has 0 spiro atoms. The maximum Gasteiger partial charge on any atom is 0.253 e. The third-order valence-corrected chi connectivity index (χ3v) is 6.26. The summed E-state index contributed by atoms with van der Waals surface area (Å²) in [6, 6.07) is 13.7. The molecule has 0 bridgehead atoms. The SMILES string of the molecule is CCC(C)C(Nc1ccc(-c2ccc(C(=O)N(C)C)cc2)cn1)c1c(Cl)ccc(F)c1Cl. The largest absolute Gasteiger partial charge is 0.363 e. The van der Waals surface area contributed by atoms with Crippen LogP contribution in [0.2, 0.25) is 10.0 Å². The highest BCUT2D eigenvalue weighted by Crippen LogP contribution is 2.38. The van der Waals surface area contributed by atoms with Crippen LogP contribution in [0, 0.1) is 11.7 Å². The molecule has 2 unspecified atom stereocenters. The van der Waals surface area contributed by atoms with E-state index < -0.39 is 5.82 Å². The van der Waals surface area contributed by atoms with Gasteiger partial charge in [-0.05, 0) is 47.9 Å². The van der Waals surface area contributed by atoms with Gasteiger partial charge in [0.1, 0.15) is 11.6 Å². The molecular formula is C25H26Cl2FN3O. The van der Waals surface area contributed by atoms with E-state index in [0.717, 1.165) is 17.5 Å². The fourth-order valence-corrected chi connectivity index (χ4v) is 4.04. The standard InChI is InChI=1S/C25H26Cl2FN3O/c1-5-15(2)24(22-19(26)11-12-20(28)23(22)27)30-21-13-10-18(14-29-21)16-6-8-17(9-7-16)25(32)31(3)4/h6-15,24H,5H2,1-4H3,(H,29,30). The van der Waals surface area contributed by atoms with Crippen molar-refractivity contribution in [3.63, 3.8) is 0 Å². The van der Waals surface area contributed by atoms with Crippen LogP contribution < -0.4 is 5.32 Å². The molecule has 2 atom stereocenters. The number of hydrogen-bond donors (Lipinski definition) is 1. The van der Waals surface area contributed by atoms with Crippen LogP contribution in [0.1, 0.15) is 42.2 Å².